The van der Waals surface area contributed by atoms with Gasteiger partial charge in [0.15, 0.2) is 15.6 Å². The van der Waals surface area contributed by atoms with E-state index in [2.05, 4.69) is 17.6 Å². The molecule has 0 bridgehead atoms. The van der Waals surface area contributed by atoms with Crippen LogP contribution in [0.5, 0.6) is 0 Å². The van der Waals surface area contributed by atoms with Crippen LogP contribution in [-0.4, -0.2) is 38.6 Å². The van der Waals surface area contributed by atoms with Crippen molar-refractivity contribution < 1.29 is 22.4 Å². The van der Waals surface area contributed by atoms with Gasteiger partial charge in [-0.3, -0.25) is 9.59 Å². The molecular formula is C22H30N2O5S. The lowest BCUT2D eigenvalue weighted by Crippen LogP contribution is -2.59. The van der Waals surface area contributed by atoms with Gasteiger partial charge in [0.05, 0.1) is 5.75 Å². The molecule has 8 heteroatoms. The van der Waals surface area contributed by atoms with E-state index in [4.69, 9.17) is 4.42 Å². The van der Waals surface area contributed by atoms with Crippen molar-refractivity contribution in [1.82, 2.24) is 10.6 Å². The van der Waals surface area contributed by atoms with Crippen LogP contribution < -0.4 is 10.6 Å². The summed E-state index contributed by atoms with van der Waals surface area (Å²) >= 11 is 0. The minimum Gasteiger partial charge on any atom is -0.451 e. The maximum absolute atomic E-state index is 13.2. The second kappa shape index (κ2) is 9.20. The van der Waals surface area contributed by atoms with E-state index in [1.54, 1.807) is 24.3 Å². The molecule has 0 unspecified atom stereocenters. The molecule has 0 radical (unpaired) electrons. The van der Waals surface area contributed by atoms with Crippen LogP contribution in [-0.2, 0) is 20.4 Å². The highest BCUT2D eigenvalue weighted by Crippen LogP contribution is 2.31. The summed E-state index contributed by atoms with van der Waals surface area (Å²) in [4.78, 5) is 26.2. The number of furan rings is 1. The Balaban J connectivity index is 1.93. The van der Waals surface area contributed by atoms with Gasteiger partial charge in [-0.05, 0) is 25.3 Å². The molecule has 1 aliphatic rings. The van der Waals surface area contributed by atoms with Crippen LogP contribution in [0.15, 0.2) is 28.7 Å². The normalized spacial score (nSPS) is 16.3. The van der Waals surface area contributed by atoms with Crippen LogP contribution in [0.4, 0.5) is 0 Å². The van der Waals surface area contributed by atoms with Gasteiger partial charge in [0.1, 0.15) is 11.1 Å². The lowest BCUT2D eigenvalue weighted by Gasteiger charge is -2.36. The van der Waals surface area contributed by atoms with Crippen LogP contribution >= 0.6 is 0 Å². The largest absolute Gasteiger partial charge is 0.451 e. The van der Waals surface area contributed by atoms with Crippen LogP contribution in [0.25, 0.3) is 11.0 Å². The predicted octanol–water partition coefficient (Wildman–Crippen LogP) is 3.33. The molecule has 1 heterocycles. The SMILES string of the molecule is CCCCNC(=O)C1(NC(=O)c2oc3ccccc3c2CS(C)(=O)=O)CCCCC1. The average Bonchev–Trinajstić information content (AvgIpc) is 3.06. The van der Waals surface area contributed by atoms with Gasteiger partial charge < -0.3 is 15.1 Å². The number of sulfone groups is 1. The summed E-state index contributed by atoms with van der Waals surface area (Å²) < 4.78 is 29.7. The van der Waals surface area contributed by atoms with Gasteiger partial charge in [-0.15, -0.1) is 0 Å². The van der Waals surface area contributed by atoms with Crippen molar-refractivity contribution in [3.05, 3.63) is 35.6 Å². The van der Waals surface area contributed by atoms with Crippen molar-refractivity contribution in [2.45, 2.75) is 63.2 Å². The number of para-hydroxylation sites is 1. The fourth-order valence-corrected chi connectivity index (χ4v) is 4.88. The fraction of sp³-hybridized carbons (Fsp3) is 0.545. The highest BCUT2D eigenvalue weighted by atomic mass is 32.2. The van der Waals surface area contributed by atoms with Crippen molar-refractivity contribution in [1.29, 1.82) is 0 Å². The van der Waals surface area contributed by atoms with E-state index in [1.165, 1.54) is 0 Å². The molecule has 1 saturated carbocycles. The molecule has 164 valence electrons. The van der Waals surface area contributed by atoms with Crippen molar-refractivity contribution in [3.8, 4) is 0 Å². The van der Waals surface area contributed by atoms with Crippen molar-refractivity contribution in [2.75, 3.05) is 12.8 Å². The number of fused-ring (bicyclic) bond motifs is 1. The molecular weight excluding hydrogens is 404 g/mol. The molecule has 7 nitrogen and oxygen atoms in total. The molecule has 1 aliphatic carbocycles. The molecule has 0 aliphatic heterocycles. The molecule has 2 amide bonds. The van der Waals surface area contributed by atoms with Gasteiger partial charge >= 0.3 is 0 Å². The first-order chi connectivity index (χ1) is 14.3. The first-order valence-corrected chi connectivity index (χ1v) is 12.6. The van der Waals surface area contributed by atoms with E-state index in [1.807, 2.05) is 0 Å². The molecule has 0 saturated heterocycles. The number of rotatable bonds is 8. The highest BCUT2D eigenvalue weighted by molar-refractivity contribution is 7.89. The Morgan fingerprint density at radius 2 is 1.83 bits per heavy atom. The van der Waals surface area contributed by atoms with Gasteiger partial charge in [-0.2, -0.15) is 0 Å². The van der Waals surface area contributed by atoms with Gasteiger partial charge in [0.2, 0.25) is 5.91 Å². The topological polar surface area (TPSA) is 105 Å². The minimum atomic E-state index is -3.39. The van der Waals surface area contributed by atoms with E-state index in [0.717, 1.165) is 38.4 Å². The van der Waals surface area contributed by atoms with Crippen molar-refractivity contribution in [2.24, 2.45) is 0 Å². The van der Waals surface area contributed by atoms with Crippen LogP contribution in [0, 0.1) is 0 Å². The summed E-state index contributed by atoms with van der Waals surface area (Å²) in [6.45, 7) is 2.62. The molecule has 1 fully saturated rings. The maximum Gasteiger partial charge on any atom is 0.288 e. The second-order valence-electron chi connectivity index (χ2n) is 8.18. The third-order valence-corrected chi connectivity index (χ3v) is 6.43. The Bertz CT molecular complexity index is 1020. The monoisotopic (exact) mass is 434 g/mol. The summed E-state index contributed by atoms with van der Waals surface area (Å²) in [7, 11) is -3.39. The minimum absolute atomic E-state index is 0.0343. The Morgan fingerprint density at radius 1 is 1.13 bits per heavy atom. The lowest BCUT2D eigenvalue weighted by atomic mass is 9.80. The summed E-state index contributed by atoms with van der Waals surface area (Å²) in [6.07, 6.45) is 6.78. The predicted molar refractivity (Wildman–Crippen MR) is 116 cm³/mol. The molecule has 1 aromatic heterocycles. The summed E-state index contributed by atoms with van der Waals surface area (Å²) in [5.41, 5.74) is -0.209. The summed E-state index contributed by atoms with van der Waals surface area (Å²) in [5.74, 6) is -1.06. The smallest absolute Gasteiger partial charge is 0.288 e. The number of amides is 2. The van der Waals surface area contributed by atoms with Crippen molar-refractivity contribution in [3.63, 3.8) is 0 Å². The zero-order valence-electron chi connectivity index (χ0n) is 17.6. The fourth-order valence-electron chi connectivity index (χ4n) is 4.07. The van der Waals surface area contributed by atoms with E-state index in [-0.39, 0.29) is 17.4 Å². The standard InChI is InChI=1S/C22H30N2O5S/c1-3-4-14-23-21(26)22(12-8-5-9-13-22)24-20(25)19-17(15-30(2,27)28)16-10-6-7-11-18(16)29-19/h6-7,10-11H,3-5,8-9,12-15H2,1-2H3,(H,23,26)(H,24,25). The number of hydrogen-bond donors (Lipinski definition) is 2. The zero-order valence-corrected chi connectivity index (χ0v) is 18.4. The number of hydrogen-bond acceptors (Lipinski definition) is 5. The number of carbonyl (C=O) groups excluding carboxylic acids is 2. The molecule has 2 aromatic rings. The van der Waals surface area contributed by atoms with Gasteiger partial charge in [-0.1, -0.05) is 50.8 Å². The summed E-state index contributed by atoms with van der Waals surface area (Å²) in [5, 5.41) is 6.47. The number of benzene rings is 1. The maximum atomic E-state index is 13.2. The average molecular weight is 435 g/mol. The molecule has 1 aromatic carbocycles. The molecule has 3 rings (SSSR count). The highest BCUT2D eigenvalue weighted by Gasteiger charge is 2.42. The number of nitrogens with one attached hydrogen (secondary N) is 2. The van der Waals surface area contributed by atoms with Crippen molar-refractivity contribution >= 4 is 32.6 Å². The van der Waals surface area contributed by atoms with Gasteiger partial charge in [0.25, 0.3) is 5.91 Å². The third-order valence-electron chi connectivity index (χ3n) is 5.62. The van der Waals surface area contributed by atoms with Gasteiger partial charge in [0, 0.05) is 23.8 Å². The third kappa shape index (κ3) is 5.03. The Hall–Kier alpha value is -2.35. The van der Waals surface area contributed by atoms with Crippen LogP contribution in [0.3, 0.4) is 0 Å². The Labute approximate surface area is 177 Å². The van der Waals surface area contributed by atoms with E-state index < -0.39 is 21.3 Å². The van der Waals surface area contributed by atoms with Crippen LogP contribution in [0.2, 0.25) is 0 Å². The molecule has 0 atom stereocenters. The molecule has 30 heavy (non-hydrogen) atoms. The Kier molecular flexibility index (Phi) is 6.85. The lowest BCUT2D eigenvalue weighted by molar-refractivity contribution is -0.128. The van der Waals surface area contributed by atoms with E-state index >= 15 is 0 Å². The van der Waals surface area contributed by atoms with Crippen LogP contribution in [0.1, 0.15) is 68.0 Å². The first-order valence-electron chi connectivity index (χ1n) is 10.5. The molecule has 0 spiro atoms. The van der Waals surface area contributed by atoms with E-state index in [0.29, 0.717) is 35.9 Å². The number of unbranched alkanes of at least 4 members (excludes halogenated alkanes) is 1. The quantitative estimate of drug-likeness (QED) is 0.620. The van der Waals surface area contributed by atoms with E-state index in [9.17, 15) is 18.0 Å². The molecule has 2 N–H and O–H groups in total. The number of carbonyl (C=O) groups is 2. The summed E-state index contributed by atoms with van der Waals surface area (Å²) in [6, 6.07) is 6.98. The zero-order chi connectivity index (χ0) is 21.8. The first kappa shape index (κ1) is 22.3. The second-order valence-corrected chi connectivity index (χ2v) is 10.3. The van der Waals surface area contributed by atoms with Gasteiger partial charge in [-0.25, -0.2) is 8.42 Å². The Morgan fingerprint density at radius 3 is 2.50 bits per heavy atom.